The summed E-state index contributed by atoms with van der Waals surface area (Å²) >= 11 is 1.28. The van der Waals surface area contributed by atoms with E-state index < -0.39 is 46.9 Å². The number of rotatable bonds is 11. The fourth-order valence-electron chi connectivity index (χ4n) is 6.05. The Morgan fingerprint density at radius 3 is 1.67 bits per heavy atom. The van der Waals surface area contributed by atoms with Gasteiger partial charge in [0.05, 0.1) is 17.5 Å². The lowest BCUT2D eigenvalue weighted by molar-refractivity contribution is -0.282. The Morgan fingerprint density at radius 1 is 0.837 bits per heavy atom. The molecule has 2 fully saturated rings. The summed E-state index contributed by atoms with van der Waals surface area (Å²) in [4.78, 5) is 46.6. The molecular formula is C35H39NO5SSi. The summed E-state index contributed by atoms with van der Waals surface area (Å²) in [6, 6.07) is 29.6. The van der Waals surface area contributed by atoms with Crippen molar-refractivity contribution in [3.05, 3.63) is 120 Å². The monoisotopic (exact) mass is 613 g/mol. The molecule has 0 N–H and O–H groups in total. The van der Waals surface area contributed by atoms with Gasteiger partial charge >= 0.3 is 0 Å². The molecule has 2 aliphatic rings. The predicted molar refractivity (Wildman–Crippen MR) is 173 cm³/mol. The topological polar surface area (TPSA) is 72.9 Å². The molecule has 8 heteroatoms. The van der Waals surface area contributed by atoms with Gasteiger partial charge in [-0.1, -0.05) is 130 Å². The van der Waals surface area contributed by atoms with Crippen LogP contribution in [0.3, 0.4) is 0 Å². The van der Waals surface area contributed by atoms with Gasteiger partial charge in [0.2, 0.25) is 16.4 Å². The predicted octanol–water partition coefficient (Wildman–Crippen LogP) is 6.92. The number of hydroxylamine groups is 2. The van der Waals surface area contributed by atoms with Crippen molar-refractivity contribution < 1.29 is 23.6 Å². The van der Waals surface area contributed by atoms with Gasteiger partial charge in [-0.25, -0.2) is 0 Å². The number of nitrogens with zero attached hydrogens (tertiary/aromatic N) is 1. The summed E-state index contributed by atoms with van der Waals surface area (Å²) in [6.07, 6.45) is 0.660. The molecule has 0 bridgehead atoms. The van der Waals surface area contributed by atoms with E-state index in [1.54, 1.807) is 6.92 Å². The van der Waals surface area contributed by atoms with Crippen LogP contribution in [-0.4, -0.2) is 48.4 Å². The Balaban J connectivity index is 1.78. The van der Waals surface area contributed by atoms with Gasteiger partial charge in [0.1, 0.15) is 0 Å². The number of hydrogen-bond donors (Lipinski definition) is 0. The third-order valence-corrected chi connectivity index (χ3v) is 15.8. The van der Waals surface area contributed by atoms with E-state index in [1.807, 2.05) is 91.0 Å². The fourth-order valence-corrected chi connectivity index (χ4v) is 9.58. The third-order valence-electron chi connectivity index (χ3n) is 9.27. The first kappa shape index (κ1) is 31.1. The highest BCUT2D eigenvalue weighted by atomic mass is 32.2. The van der Waals surface area contributed by atoms with Gasteiger partial charge in [-0.15, -0.1) is 6.58 Å². The third kappa shape index (κ3) is 4.33. The van der Waals surface area contributed by atoms with Crippen LogP contribution in [0.4, 0.5) is 0 Å². The maximum atomic E-state index is 14.2. The Labute approximate surface area is 259 Å². The van der Waals surface area contributed by atoms with Gasteiger partial charge in [-0.05, 0) is 41.7 Å². The second kappa shape index (κ2) is 11.0. The van der Waals surface area contributed by atoms with Crippen molar-refractivity contribution in [2.24, 2.45) is 5.41 Å². The molecule has 0 aromatic heterocycles. The van der Waals surface area contributed by atoms with Crippen molar-refractivity contribution in [3.63, 3.8) is 0 Å². The molecule has 3 atom stereocenters. The molecule has 5 rings (SSSR count). The van der Waals surface area contributed by atoms with Crippen molar-refractivity contribution in [1.82, 2.24) is 5.06 Å². The van der Waals surface area contributed by atoms with Crippen molar-refractivity contribution in [2.75, 3.05) is 6.61 Å². The second-order valence-corrected chi connectivity index (χ2v) is 18.9. The van der Waals surface area contributed by atoms with E-state index in [-0.39, 0.29) is 11.6 Å². The number of carbonyl (C=O) groups excluding carboxylic acids is 3. The van der Waals surface area contributed by atoms with Gasteiger partial charge in [0.25, 0.3) is 5.91 Å². The summed E-state index contributed by atoms with van der Waals surface area (Å²) in [5.74, 6) is -1.95. The van der Waals surface area contributed by atoms with E-state index in [1.165, 1.54) is 17.8 Å². The van der Waals surface area contributed by atoms with E-state index in [4.69, 9.17) is 9.26 Å². The zero-order valence-corrected chi connectivity index (χ0v) is 27.4. The number of carbonyl (C=O) groups is 3. The Kier molecular flexibility index (Phi) is 7.97. The second-order valence-electron chi connectivity index (χ2n) is 12.7. The maximum absolute atomic E-state index is 14.2. The van der Waals surface area contributed by atoms with Crippen molar-refractivity contribution >= 4 is 37.6 Å². The molecule has 224 valence electrons. The minimum absolute atomic E-state index is 0.00190. The summed E-state index contributed by atoms with van der Waals surface area (Å²) in [6.45, 7) is 16.0. The minimum Gasteiger partial charge on any atom is -0.412 e. The standard InChI is InChI=1S/C35H39NO5SSi/c1-8-24-40-36-31(39)33(25(2)41-43(6,7)32(3,4)5)29(37)30(38)35(33,36)42-34(26-18-12-9-13-19-26,27-20-14-10-15-21-27)28-22-16-11-17-23-28/h8-23,25H,1,24H2,2-7H3/t25-,33+,35+/m1/s1. The molecule has 3 aromatic rings. The van der Waals surface area contributed by atoms with Gasteiger partial charge in [-0.2, -0.15) is 5.06 Å². The highest BCUT2D eigenvalue weighted by molar-refractivity contribution is 8.03. The molecule has 1 heterocycles. The summed E-state index contributed by atoms with van der Waals surface area (Å²) in [7, 11) is -2.47. The first-order valence-electron chi connectivity index (χ1n) is 14.5. The van der Waals surface area contributed by atoms with Crippen LogP contribution in [0.15, 0.2) is 104 Å². The molecule has 0 spiro atoms. The van der Waals surface area contributed by atoms with Gasteiger partial charge in [0.15, 0.2) is 13.7 Å². The van der Waals surface area contributed by atoms with Crippen LogP contribution in [0.25, 0.3) is 0 Å². The smallest absolute Gasteiger partial charge is 0.268 e. The van der Waals surface area contributed by atoms with Gasteiger partial charge < -0.3 is 4.43 Å². The Morgan fingerprint density at radius 2 is 1.28 bits per heavy atom. The van der Waals surface area contributed by atoms with Crippen LogP contribution in [0.2, 0.25) is 18.1 Å². The van der Waals surface area contributed by atoms with E-state index in [0.717, 1.165) is 21.8 Å². The number of amides is 1. The number of hydrogen-bond acceptors (Lipinski definition) is 6. The fraction of sp³-hybridized carbons (Fsp3) is 0.343. The van der Waals surface area contributed by atoms with Crippen molar-refractivity contribution in [2.45, 2.75) is 61.5 Å². The van der Waals surface area contributed by atoms with Crippen LogP contribution >= 0.6 is 11.8 Å². The van der Waals surface area contributed by atoms with E-state index >= 15 is 0 Å². The Bertz CT molecular complexity index is 1440. The lowest BCUT2D eigenvalue weighted by Gasteiger charge is -2.69. The van der Waals surface area contributed by atoms with Crippen molar-refractivity contribution in [1.29, 1.82) is 0 Å². The quantitative estimate of drug-likeness (QED) is 0.0584. The SMILES string of the molecule is C=CCON1C(=O)[C@]2([C@@H](C)O[Si](C)(C)C(C)(C)C)C(=O)C(=O)[C@@]12SC(c1ccccc1)(c1ccccc1)c1ccccc1. The highest BCUT2D eigenvalue weighted by Gasteiger charge is 2.92. The first-order valence-corrected chi connectivity index (χ1v) is 18.3. The minimum atomic E-state index is -2.47. The molecule has 3 aromatic carbocycles. The van der Waals surface area contributed by atoms with Crippen LogP contribution in [0.1, 0.15) is 44.4 Å². The van der Waals surface area contributed by atoms with Crippen LogP contribution in [0.5, 0.6) is 0 Å². The number of fused-ring (bicyclic) bond motifs is 1. The van der Waals surface area contributed by atoms with Crippen molar-refractivity contribution in [3.8, 4) is 0 Å². The number of β-lactam (4-membered cyclic amide) rings is 1. The average molecular weight is 614 g/mol. The molecular weight excluding hydrogens is 575 g/mol. The zero-order valence-electron chi connectivity index (χ0n) is 25.6. The number of thioether (sulfide) groups is 1. The average Bonchev–Trinajstić information content (AvgIpc) is 2.99. The van der Waals surface area contributed by atoms with Crippen LogP contribution in [-0.2, 0) is 28.4 Å². The highest BCUT2D eigenvalue weighted by Crippen LogP contribution is 2.71. The lowest BCUT2D eigenvalue weighted by Crippen LogP contribution is -2.94. The molecule has 0 radical (unpaired) electrons. The summed E-state index contributed by atoms with van der Waals surface area (Å²) < 4.78 is 5.76. The number of benzene rings is 3. The van der Waals surface area contributed by atoms with E-state index in [2.05, 4.69) is 40.4 Å². The molecule has 1 saturated heterocycles. The van der Waals surface area contributed by atoms with Gasteiger partial charge in [0, 0.05) is 0 Å². The first-order chi connectivity index (χ1) is 20.3. The zero-order chi connectivity index (χ0) is 31.3. The maximum Gasteiger partial charge on any atom is 0.268 e. The molecule has 0 unspecified atom stereocenters. The molecule has 1 saturated carbocycles. The van der Waals surface area contributed by atoms with Crippen LogP contribution in [0, 0.1) is 5.41 Å². The molecule has 6 nitrogen and oxygen atoms in total. The van der Waals surface area contributed by atoms with Crippen LogP contribution < -0.4 is 0 Å². The Hall–Kier alpha value is -3.30. The normalized spacial score (nSPS) is 22.8. The van der Waals surface area contributed by atoms with E-state index in [9.17, 15) is 14.4 Å². The molecule has 1 aliphatic carbocycles. The van der Waals surface area contributed by atoms with E-state index in [0.29, 0.717) is 0 Å². The van der Waals surface area contributed by atoms with Gasteiger partial charge in [-0.3, -0.25) is 19.2 Å². The number of Topliss-reactive ketones (excluding diaryl/α,β-unsaturated/α-hetero) is 2. The molecule has 1 aliphatic heterocycles. The molecule has 43 heavy (non-hydrogen) atoms. The molecule has 1 amide bonds. The summed E-state index contributed by atoms with van der Waals surface area (Å²) in [5, 5.41) is 0.941. The number of piperidine rings is 1. The lowest BCUT2D eigenvalue weighted by atomic mass is 9.52. The largest absolute Gasteiger partial charge is 0.412 e. The summed E-state index contributed by atoms with van der Waals surface area (Å²) in [5.41, 5.74) is 0.950. The number of ketones is 2.